The summed E-state index contributed by atoms with van der Waals surface area (Å²) in [7, 11) is 0. The molecule has 0 spiro atoms. The van der Waals surface area contributed by atoms with Crippen molar-refractivity contribution >= 4 is 23.9 Å². The first-order valence-electron chi connectivity index (χ1n) is 30.4. The van der Waals surface area contributed by atoms with Crippen molar-refractivity contribution in [2.45, 2.75) is 116 Å². The Hall–Kier alpha value is -9.96. The van der Waals surface area contributed by atoms with Crippen LogP contribution in [0.3, 0.4) is 0 Å². The van der Waals surface area contributed by atoms with Gasteiger partial charge in [0.15, 0.2) is 29.6 Å². The van der Waals surface area contributed by atoms with Crippen molar-refractivity contribution in [1.82, 2.24) is 0 Å². The third kappa shape index (κ3) is 33.2. The Balaban J connectivity index is 0.000000220. The number of rotatable bonds is 38. The number of hydrogen-bond donors (Lipinski definition) is 4. The molecule has 0 bridgehead atoms. The zero-order valence-corrected chi connectivity index (χ0v) is 51.0. The van der Waals surface area contributed by atoms with Gasteiger partial charge in [-0.25, -0.2) is 4.79 Å². The lowest BCUT2D eigenvalue weighted by atomic mass is 10.1. The summed E-state index contributed by atoms with van der Waals surface area (Å²) in [6.45, 7) is 3.28. The van der Waals surface area contributed by atoms with Gasteiger partial charge in [0.05, 0.1) is 19.8 Å². The predicted molar refractivity (Wildman–Crippen MR) is 346 cm³/mol. The minimum atomic E-state index is -0.996. The van der Waals surface area contributed by atoms with E-state index in [1.807, 2.05) is 182 Å². The molecule has 0 unspecified atom stereocenters. The van der Waals surface area contributed by atoms with Crippen LogP contribution < -0.4 is 37.9 Å². The second kappa shape index (κ2) is 44.5. The molecule has 16 heteroatoms. The van der Waals surface area contributed by atoms with Gasteiger partial charge in [0.1, 0.15) is 49.4 Å². The highest BCUT2D eigenvalue weighted by molar-refractivity contribution is 5.68. The molecule has 90 heavy (non-hydrogen) atoms. The average molecular weight is 1230 g/mol. The summed E-state index contributed by atoms with van der Waals surface area (Å²) in [5.74, 6) is 2.41. The minimum Gasteiger partial charge on any atom is -0.494 e. The van der Waals surface area contributed by atoms with Gasteiger partial charge in [0, 0.05) is 19.3 Å². The van der Waals surface area contributed by atoms with Gasteiger partial charge < -0.3 is 58.3 Å². The van der Waals surface area contributed by atoms with Crippen molar-refractivity contribution in [3.8, 4) is 46.0 Å². The Morgan fingerprint density at radius 2 is 0.489 bits per heavy atom. The highest BCUT2D eigenvalue weighted by Gasteiger charge is 2.08. The fourth-order valence-electron chi connectivity index (χ4n) is 8.33. The van der Waals surface area contributed by atoms with Crippen molar-refractivity contribution in [1.29, 1.82) is 0 Å². The van der Waals surface area contributed by atoms with Crippen LogP contribution in [0.15, 0.2) is 218 Å². The molecule has 0 saturated heterocycles. The van der Waals surface area contributed by atoms with E-state index in [1.54, 1.807) is 24.3 Å². The molecule has 476 valence electrons. The largest absolute Gasteiger partial charge is 0.494 e. The molecule has 0 saturated carbocycles. The number of carbonyl (C=O) groups is 4. The van der Waals surface area contributed by atoms with E-state index < -0.39 is 23.9 Å². The van der Waals surface area contributed by atoms with Gasteiger partial charge in [0.2, 0.25) is 0 Å². The van der Waals surface area contributed by atoms with Gasteiger partial charge in [-0.15, -0.1) is 0 Å². The summed E-state index contributed by atoms with van der Waals surface area (Å²) in [5, 5.41) is 34.2. The van der Waals surface area contributed by atoms with Gasteiger partial charge >= 0.3 is 23.9 Å². The van der Waals surface area contributed by atoms with Gasteiger partial charge in [-0.2, -0.15) is 0 Å². The number of carboxylic acids is 4. The Labute approximate surface area is 528 Å². The SMILES string of the molecule is O=C(O)CCCCCCCCCCOc1ccccc1OCc1ccccc1.O=C(O)CCCCOc1ccc(OCc2ccccc2)cc1.O=C(O)CCCOc1ccccc1OCc1ccccc1.O=C(O)COc1ccc(OCc2ccccc2)cc1. The summed E-state index contributed by atoms with van der Waals surface area (Å²) < 4.78 is 45.1. The Bertz CT molecular complexity index is 3180. The van der Waals surface area contributed by atoms with Crippen LogP contribution >= 0.6 is 0 Å². The normalized spacial score (nSPS) is 10.2. The quantitative estimate of drug-likeness (QED) is 0.0264. The van der Waals surface area contributed by atoms with Crippen LogP contribution in [-0.4, -0.2) is 70.7 Å². The molecule has 16 nitrogen and oxygen atoms in total. The third-order valence-corrected chi connectivity index (χ3v) is 13.1. The molecule has 0 fully saturated rings. The molecule has 0 aromatic heterocycles. The molecular formula is C74H84O16. The molecule has 0 atom stereocenters. The number of unbranched alkanes of at least 4 members (excludes halogenated alkanes) is 8. The molecule has 8 aromatic rings. The lowest BCUT2D eigenvalue weighted by Gasteiger charge is -2.12. The second-order valence-corrected chi connectivity index (χ2v) is 20.5. The van der Waals surface area contributed by atoms with Crippen LogP contribution in [0.1, 0.15) is 112 Å². The Kier molecular flexibility index (Phi) is 35.0. The van der Waals surface area contributed by atoms with E-state index in [1.165, 1.54) is 19.3 Å². The van der Waals surface area contributed by atoms with E-state index in [4.69, 9.17) is 58.3 Å². The standard InChI is InChI=1S/C24H32O4.C18H20O4.C17H18O4.C15H14O4/c25-24(26)18-10-5-3-1-2-4-6-13-19-27-22-16-11-12-17-23(22)28-20-21-14-8-7-9-15-21;19-18(20)8-4-5-13-21-16-9-11-17(12-10-16)22-14-15-6-2-1-3-7-15;18-17(19)11-6-12-20-15-9-4-5-10-16(15)21-13-14-7-2-1-3-8-14;16-15(17)11-19-14-8-6-13(7-9-14)18-10-12-4-2-1-3-5-12/h7-9,11-12,14-17H,1-6,10,13,18-20H2,(H,25,26);1-3,6-7,9-12H,4-5,8,13-14H2,(H,19,20);1-5,7-10H,6,11-13H2,(H,18,19);1-9H,10-11H2,(H,16,17). The second-order valence-electron chi connectivity index (χ2n) is 20.5. The topological polar surface area (TPSA) is 223 Å². The first-order chi connectivity index (χ1) is 44.0. The minimum absolute atomic E-state index is 0.104. The van der Waals surface area contributed by atoms with E-state index >= 15 is 0 Å². The summed E-state index contributed by atoms with van der Waals surface area (Å²) in [6, 6.07) is 69.4. The van der Waals surface area contributed by atoms with Crippen LogP contribution in [0.25, 0.3) is 0 Å². The summed E-state index contributed by atoms with van der Waals surface area (Å²) >= 11 is 0. The Morgan fingerprint density at radius 3 is 0.856 bits per heavy atom. The van der Waals surface area contributed by atoms with Crippen molar-refractivity contribution in [3.05, 3.63) is 241 Å². The van der Waals surface area contributed by atoms with Crippen molar-refractivity contribution in [3.63, 3.8) is 0 Å². The zero-order valence-electron chi connectivity index (χ0n) is 51.0. The highest BCUT2D eigenvalue weighted by atomic mass is 16.5. The molecule has 0 aliphatic carbocycles. The predicted octanol–water partition coefficient (Wildman–Crippen LogP) is 16.4. The Morgan fingerprint density at radius 1 is 0.233 bits per heavy atom. The van der Waals surface area contributed by atoms with Gasteiger partial charge in [0.25, 0.3) is 0 Å². The number of ether oxygens (including phenoxy) is 8. The lowest BCUT2D eigenvalue weighted by molar-refractivity contribution is -0.139. The molecule has 0 aliphatic rings. The van der Waals surface area contributed by atoms with Crippen LogP contribution in [0, 0.1) is 0 Å². The number of benzene rings is 8. The lowest BCUT2D eigenvalue weighted by Crippen LogP contribution is -2.09. The third-order valence-electron chi connectivity index (χ3n) is 13.1. The molecule has 4 N–H and O–H groups in total. The van der Waals surface area contributed by atoms with Crippen LogP contribution in [0.2, 0.25) is 0 Å². The fourth-order valence-corrected chi connectivity index (χ4v) is 8.33. The molecule has 8 rings (SSSR count). The maximum absolute atomic E-state index is 10.5. The zero-order chi connectivity index (χ0) is 63.9. The fraction of sp³-hybridized carbons (Fsp3) is 0.297. The maximum Gasteiger partial charge on any atom is 0.341 e. The van der Waals surface area contributed by atoms with Gasteiger partial charge in [-0.3, -0.25) is 14.4 Å². The summed E-state index contributed by atoms with van der Waals surface area (Å²) in [4.78, 5) is 41.6. The van der Waals surface area contributed by atoms with Gasteiger partial charge in [-0.05, 0) is 127 Å². The van der Waals surface area contributed by atoms with Gasteiger partial charge in [-0.1, -0.05) is 184 Å². The number of carboxylic acid groups (broad SMARTS) is 4. The van der Waals surface area contributed by atoms with Crippen LogP contribution in [-0.2, 0) is 45.6 Å². The van der Waals surface area contributed by atoms with Crippen molar-refractivity contribution < 1.29 is 77.5 Å². The molecule has 0 heterocycles. The highest BCUT2D eigenvalue weighted by Crippen LogP contribution is 2.29. The molecule has 0 aliphatic heterocycles. The molecular weight excluding hydrogens is 1140 g/mol. The average Bonchev–Trinajstić information content (AvgIpc) is 3.76. The molecule has 0 radical (unpaired) electrons. The molecule has 8 aromatic carbocycles. The van der Waals surface area contributed by atoms with E-state index in [0.717, 1.165) is 83.8 Å². The smallest absolute Gasteiger partial charge is 0.341 e. The maximum atomic E-state index is 10.5. The first-order valence-corrected chi connectivity index (χ1v) is 30.4. The number of hydrogen-bond acceptors (Lipinski definition) is 12. The first kappa shape index (κ1) is 70.8. The monoisotopic (exact) mass is 1230 g/mol. The van der Waals surface area contributed by atoms with E-state index in [2.05, 4.69) is 12.1 Å². The number of para-hydroxylation sites is 4. The summed E-state index contributed by atoms with van der Waals surface area (Å²) in [6.07, 6.45) is 11.2. The van der Waals surface area contributed by atoms with Crippen molar-refractivity contribution in [2.75, 3.05) is 26.4 Å². The summed E-state index contributed by atoms with van der Waals surface area (Å²) in [5.41, 5.74) is 4.44. The van der Waals surface area contributed by atoms with Crippen molar-refractivity contribution in [2.24, 2.45) is 0 Å². The van der Waals surface area contributed by atoms with E-state index in [0.29, 0.717) is 88.5 Å². The van der Waals surface area contributed by atoms with E-state index in [-0.39, 0.29) is 19.4 Å². The van der Waals surface area contributed by atoms with E-state index in [9.17, 15) is 19.2 Å². The number of aliphatic carboxylic acids is 4. The molecule has 0 amide bonds. The van der Waals surface area contributed by atoms with Crippen LogP contribution in [0.5, 0.6) is 46.0 Å². The van der Waals surface area contributed by atoms with Crippen LogP contribution in [0.4, 0.5) is 0 Å².